The maximum Gasteiger partial charge on any atom is 0.296 e. The molecule has 2 heterocycles. The molecule has 7 nitrogen and oxygen atoms in total. The maximum absolute atomic E-state index is 13.2. The highest BCUT2D eigenvalue weighted by molar-refractivity contribution is 7.86. The molecule has 0 saturated heterocycles. The van der Waals surface area contributed by atoms with Crippen LogP contribution in [-0.4, -0.2) is 22.9 Å². The molecule has 5 rings (SSSR count). The Morgan fingerprint density at radius 3 is 2.00 bits per heavy atom. The van der Waals surface area contributed by atoms with E-state index < -0.39 is 10.1 Å². The zero-order chi connectivity index (χ0) is 21.4. The molecule has 3 N–H and O–H groups in total. The van der Waals surface area contributed by atoms with E-state index in [4.69, 9.17) is 0 Å². The Bertz CT molecular complexity index is 1780. The lowest BCUT2D eigenvalue weighted by Gasteiger charge is -2.10. The topological polar surface area (TPSA) is 120 Å². The van der Waals surface area contributed by atoms with Gasteiger partial charge in [-0.1, -0.05) is 12.1 Å². The minimum atomic E-state index is -4.56. The van der Waals surface area contributed by atoms with E-state index in [-0.39, 0.29) is 26.7 Å². The Hall–Kier alpha value is -3.49. The molecule has 5 aromatic rings. The van der Waals surface area contributed by atoms with Crippen molar-refractivity contribution in [2.24, 2.45) is 0 Å². The fraction of sp³-hybridized carbons (Fsp3) is 0.0909. The molecule has 0 amide bonds. The predicted octanol–water partition coefficient (Wildman–Crippen LogP) is 3.54. The van der Waals surface area contributed by atoms with Gasteiger partial charge in [0.25, 0.3) is 10.1 Å². The molecule has 2 aromatic heterocycles. The minimum absolute atomic E-state index is 0.00742. The summed E-state index contributed by atoms with van der Waals surface area (Å²) in [5.74, 6) is 0. The lowest BCUT2D eigenvalue weighted by atomic mass is 10.0. The number of fused-ring (bicyclic) bond motifs is 4. The van der Waals surface area contributed by atoms with Gasteiger partial charge in [0.05, 0.1) is 22.1 Å². The molecule has 30 heavy (non-hydrogen) atoms. The highest BCUT2D eigenvalue weighted by Gasteiger charge is 2.19. The van der Waals surface area contributed by atoms with Crippen LogP contribution >= 0.6 is 0 Å². The predicted molar refractivity (Wildman–Crippen MR) is 117 cm³/mol. The second-order valence-electron chi connectivity index (χ2n) is 7.51. The summed E-state index contributed by atoms with van der Waals surface area (Å²) in [5, 5.41) is 1.36. The van der Waals surface area contributed by atoms with Crippen LogP contribution in [-0.2, 0) is 10.1 Å². The smallest absolute Gasteiger partial charge is 0.296 e. The number of aromatic amines is 2. The van der Waals surface area contributed by atoms with E-state index in [0.717, 1.165) is 5.56 Å². The van der Waals surface area contributed by atoms with Crippen molar-refractivity contribution < 1.29 is 13.0 Å². The van der Waals surface area contributed by atoms with Crippen LogP contribution in [0.4, 0.5) is 0 Å². The number of para-hydroxylation sites is 1. The molecular weight excluding hydrogens is 404 g/mol. The quantitative estimate of drug-likeness (QED) is 0.283. The van der Waals surface area contributed by atoms with E-state index in [1.54, 1.807) is 37.3 Å². The second kappa shape index (κ2) is 6.01. The number of hydrogen-bond donors (Lipinski definition) is 3. The van der Waals surface area contributed by atoms with Crippen molar-refractivity contribution >= 4 is 53.7 Å². The van der Waals surface area contributed by atoms with Gasteiger partial charge in [-0.05, 0) is 55.3 Å². The summed E-state index contributed by atoms with van der Waals surface area (Å²) >= 11 is 0. The van der Waals surface area contributed by atoms with E-state index in [1.807, 2.05) is 13.0 Å². The van der Waals surface area contributed by atoms with E-state index in [0.29, 0.717) is 38.3 Å². The number of pyridine rings is 2. The Kier molecular flexibility index (Phi) is 3.71. The average Bonchev–Trinajstić information content (AvgIpc) is 2.68. The van der Waals surface area contributed by atoms with Crippen LogP contribution in [0.5, 0.6) is 0 Å². The number of H-pyrrole nitrogens is 2. The fourth-order valence-corrected chi connectivity index (χ4v) is 4.78. The summed E-state index contributed by atoms with van der Waals surface area (Å²) < 4.78 is 33.4. The van der Waals surface area contributed by atoms with Crippen LogP contribution < -0.4 is 10.9 Å². The first-order chi connectivity index (χ1) is 14.1. The first kappa shape index (κ1) is 18.5. The number of aromatic nitrogens is 2. The fourth-order valence-electron chi connectivity index (χ4n) is 4.03. The Labute approximate surface area is 169 Å². The molecule has 8 heteroatoms. The highest BCUT2D eigenvalue weighted by Crippen LogP contribution is 2.26. The number of aryl methyl sites for hydroxylation is 2. The summed E-state index contributed by atoms with van der Waals surface area (Å²) in [4.78, 5) is 32.1. The molecule has 150 valence electrons. The van der Waals surface area contributed by atoms with Crippen molar-refractivity contribution in [3.63, 3.8) is 0 Å². The number of nitrogens with one attached hydrogen (secondary N) is 2. The van der Waals surface area contributed by atoms with Crippen molar-refractivity contribution in [2.45, 2.75) is 18.7 Å². The molecule has 0 unspecified atom stereocenters. The normalized spacial score (nSPS) is 12.4. The zero-order valence-electron chi connectivity index (χ0n) is 16.0. The van der Waals surface area contributed by atoms with Gasteiger partial charge in [-0.15, -0.1) is 0 Å². The van der Waals surface area contributed by atoms with Crippen LogP contribution in [0.1, 0.15) is 11.1 Å². The minimum Gasteiger partial charge on any atom is -0.354 e. The van der Waals surface area contributed by atoms with Gasteiger partial charge in [-0.3, -0.25) is 14.1 Å². The SMILES string of the molecule is Cc1cc(S(=O)(=O)O)c2[nH]c3cc4c(=O)c5cccc(C)c5[nH]c4cc3c(=O)c2c1. The summed E-state index contributed by atoms with van der Waals surface area (Å²) in [6.45, 7) is 3.54. The first-order valence-corrected chi connectivity index (χ1v) is 10.6. The van der Waals surface area contributed by atoms with Crippen LogP contribution in [0.3, 0.4) is 0 Å². The van der Waals surface area contributed by atoms with Crippen molar-refractivity contribution in [3.8, 4) is 0 Å². The third kappa shape index (κ3) is 2.58. The lowest BCUT2D eigenvalue weighted by molar-refractivity contribution is 0.484. The Morgan fingerprint density at radius 2 is 1.37 bits per heavy atom. The zero-order valence-corrected chi connectivity index (χ0v) is 16.8. The van der Waals surface area contributed by atoms with Gasteiger partial charge in [0, 0.05) is 21.5 Å². The molecule has 0 aliphatic rings. The summed E-state index contributed by atoms with van der Waals surface area (Å²) in [7, 11) is -4.56. The molecule has 3 aromatic carbocycles. The third-order valence-electron chi connectivity index (χ3n) is 5.45. The monoisotopic (exact) mass is 420 g/mol. The molecule has 0 spiro atoms. The molecule has 0 radical (unpaired) electrons. The van der Waals surface area contributed by atoms with Gasteiger partial charge < -0.3 is 9.97 Å². The molecular formula is C22H16N2O5S. The number of benzene rings is 3. The summed E-state index contributed by atoms with van der Waals surface area (Å²) in [6.07, 6.45) is 0. The van der Waals surface area contributed by atoms with Crippen molar-refractivity contribution in [2.75, 3.05) is 0 Å². The standard InChI is InChI=1S/C22H16N2O5S/c1-10-6-15-20(18(7-10)30(27,28)29)24-17-8-13-16(9-14(17)22(15)26)23-19-11(2)4-3-5-12(19)21(13)25/h3-9H,1-2H3,(H,23,25)(H,24,26)(H,27,28,29). The molecule has 0 saturated carbocycles. The molecule has 0 bridgehead atoms. The first-order valence-electron chi connectivity index (χ1n) is 9.18. The highest BCUT2D eigenvalue weighted by atomic mass is 32.2. The molecule has 0 atom stereocenters. The van der Waals surface area contributed by atoms with E-state index in [2.05, 4.69) is 9.97 Å². The van der Waals surface area contributed by atoms with E-state index in [1.165, 1.54) is 6.07 Å². The molecule has 0 aliphatic heterocycles. The molecule has 0 aliphatic carbocycles. The van der Waals surface area contributed by atoms with Crippen molar-refractivity contribution in [1.29, 1.82) is 0 Å². The van der Waals surface area contributed by atoms with E-state index >= 15 is 0 Å². The largest absolute Gasteiger partial charge is 0.354 e. The van der Waals surface area contributed by atoms with Crippen LogP contribution in [0, 0.1) is 13.8 Å². The van der Waals surface area contributed by atoms with Crippen LogP contribution in [0.15, 0.2) is 56.9 Å². The number of rotatable bonds is 1. The van der Waals surface area contributed by atoms with Gasteiger partial charge >= 0.3 is 0 Å². The Balaban J connectivity index is 2.02. The van der Waals surface area contributed by atoms with Gasteiger partial charge in [-0.2, -0.15) is 8.42 Å². The summed E-state index contributed by atoms with van der Waals surface area (Å²) in [5.41, 5.74) is 2.39. The van der Waals surface area contributed by atoms with Crippen molar-refractivity contribution in [3.05, 3.63) is 74.0 Å². The van der Waals surface area contributed by atoms with Gasteiger partial charge in [-0.25, -0.2) is 0 Å². The van der Waals surface area contributed by atoms with Crippen molar-refractivity contribution in [1.82, 2.24) is 9.97 Å². The lowest BCUT2D eigenvalue weighted by Crippen LogP contribution is -2.10. The van der Waals surface area contributed by atoms with Gasteiger partial charge in [0.2, 0.25) is 0 Å². The van der Waals surface area contributed by atoms with Gasteiger partial charge in [0.1, 0.15) is 4.90 Å². The number of hydrogen-bond acceptors (Lipinski definition) is 4. The van der Waals surface area contributed by atoms with Gasteiger partial charge in [0.15, 0.2) is 10.9 Å². The molecule has 0 fully saturated rings. The van der Waals surface area contributed by atoms with Crippen LogP contribution in [0.2, 0.25) is 0 Å². The maximum atomic E-state index is 13.2. The van der Waals surface area contributed by atoms with Crippen LogP contribution in [0.25, 0.3) is 43.6 Å². The Morgan fingerprint density at radius 1 is 0.767 bits per heavy atom. The third-order valence-corrected chi connectivity index (χ3v) is 6.33. The summed E-state index contributed by atoms with van der Waals surface area (Å²) in [6, 6.07) is 11.4. The second-order valence-corrected chi connectivity index (χ2v) is 8.90. The average molecular weight is 420 g/mol. The van der Waals surface area contributed by atoms with E-state index in [9.17, 15) is 22.6 Å².